The van der Waals surface area contributed by atoms with Crippen LogP contribution in [0, 0.1) is 4.77 Å². The maximum Gasteiger partial charge on any atom is 0.243 e. The third-order valence-electron chi connectivity index (χ3n) is 5.52. The van der Waals surface area contributed by atoms with Crippen molar-refractivity contribution in [1.82, 2.24) is 29.9 Å². The van der Waals surface area contributed by atoms with Gasteiger partial charge in [0, 0.05) is 23.9 Å². The van der Waals surface area contributed by atoms with Crippen LogP contribution in [0.1, 0.15) is 18.5 Å². The number of nitrogens with zero attached hydrogens (tertiary/aromatic N) is 4. The zero-order valence-corrected chi connectivity index (χ0v) is 20.0. The summed E-state index contributed by atoms with van der Waals surface area (Å²) in [7, 11) is 0. The molecule has 0 bridgehead atoms. The Hall–Kier alpha value is -3.82. The number of carbonyl (C=O) groups excluding carboxylic acids is 1. The van der Waals surface area contributed by atoms with E-state index in [-0.39, 0.29) is 5.91 Å². The molecule has 0 radical (unpaired) electrons. The minimum Gasteiger partial charge on any atom is -0.350 e. The molecule has 0 aliphatic carbocycles. The maximum absolute atomic E-state index is 13.2. The Kier molecular flexibility index (Phi) is 6.20. The highest BCUT2D eigenvalue weighted by Gasteiger charge is 2.22. The summed E-state index contributed by atoms with van der Waals surface area (Å²) in [6, 6.07) is 23.3. The predicted molar refractivity (Wildman–Crippen MR) is 136 cm³/mol. The van der Waals surface area contributed by atoms with Gasteiger partial charge in [0.1, 0.15) is 6.04 Å². The van der Waals surface area contributed by atoms with Crippen LogP contribution in [-0.4, -0.2) is 30.5 Å². The average Bonchev–Trinajstić information content (AvgIpc) is 3.63. The highest BCUT2D eigenvalue weighted by molar-refractivity contribution is 7.71. The number of rotatable bonds is 7. The van der Waals surface area contributed by atoms with E-state index in [2.05, 4.69) is 15.5 Å². The molecule has 2 aromatic carbocycles. The molecule has 9 heteroatoms. The second kappa shape index (κ2) is 9.58. The summed E-state index contributed by atoms with van der Waals surface area (Å²) >= 11 is 6.97. The predicted octanol–water partition coefficient (Wildman–Crippen LogP) is 5.40. The molecule has 0 aliphatic heterocycles. The van der Waals surface area contributed by atoms with Crippen molar-refractivity contribution < 1.29 is 4.79 Å². The van der Waals surface area contributed by atoms with E-state index < -0.39 is 6.04 Å². The third kappa shape index (κ3) is 4.35. The molecule has 1 amide bonds. The van der Waals surface area contributed by atoms with Gasteiger partial charge in [-0.25, -0.2) is 4.68 Å². The zero-order chi connectivity index (χ0) is 23.5. The lowest BCUT2D eigenvalue weighted by Gasteiger charge is -2.15. The number of amides is 1. The van der Waals surface area contributed by atoms with Crippen molar-refractivity contribution in [2.45, 2.75) is 19.5 Å². The normalized spacial score (nSPS) is 11.9. The van der Waals surface area contributed by atoms with Crippen LogP contribution in [0.3, 0.4) is 0 Å². The maximum atomic E-state index is 13.2. The highest BCUT2D eigenvalue weighted by atomic mass is 32.1. The number of aromatic amines is 1. The molecule has 0 fully saturated rings. The number of H-pyrrole nitrogens is 1. The van der Waals surface area contributed by atoms with Crippen LogP contribution >= 0.6 is 23.6 Å². The highest BCUT2D eigenvalue weighted by Crippen LogP contribution is 2.26. The van der Waals surface area contributed by atoms with Crippen LogP contribution in [0.5, 0.6) is 0 Å². The molecule has 3 heterocycles. The molecule has 7 nitrogen and oxygen atoms in total. The number of benzene rings is 2. The van der Waals surface area contributed by atoms with E-state index >= 15 is 0 Å². The van der Waals surface area contributed by atoms with Crippen molar-refractivity contribution in [2.75, 3.05) is 0 Å². The monoisotopic (exact) mass is 486 g/mol. The Morgan fingerprint density at radius 1 is 1.09 bits per heavy atom. The summed E-state index contributed by atoms with van der Waals surface area (Å²) in [5.74, 6) is 0.506. The lowest BCUT2D eigenvalue weighted by atomic mass is 10.1. The largest absolute Gasteiger partial charge is 0.350 e. The van der Waals surface area contributed by atoms with Crippen molar-refractivity contribution >= 4 is 29.5 Å². The second-order valence-corrected chi connectivity index (χ2v) is 9.08. The van der Waals surface area contributed by atoms with Gasteiger partial charge in [0.2, 0.25) is 5.91 Å². The van der Waals surface area contributed by atoms with E-state index in [1.165, 1.54) is 0 Å². The third-order valence-corrected chi connectivity index (χ3v) is 6.68. The van der Waals surface area contributed by atoms with Gasteiger partial charge >= 0.3 is 0 Å². The van der Waals surface area contributed by atoms with Crippen LogP contribution in [0.2, 0.25) is 0 Å². The van der Waals surface area contributed by atoms with Gasteiger partial charge in [-0.05, 0) is 42.7 Å². The average molecular weight is 487 g/mol. The van der Waals surface area contributed by atoms with Gasteiger partial charge in [-0.15, -0.1) is 11.3 Å². The molecule has 5 rings (SSSR count). The molecule has 1 atom stereocenters. The molecule has 3 aromatic heterocycles. The Morgan fingerprint density at radius 3 is 2.53 bits per heavy atom. The summed E-state index contributed by atoms with van der Waals surface area (Å²) in [6.45, 7) is 2.16. The lowest BCUT2D eigenvalue weighted by Crippen LogP contribution is -2.31. The van der Waals surface area contributed by atoms with Gasteiger partial charge in [0.15, 0.2) is 10.6 Å². The Labute approximate surface area is 205 Å². The minimum atomic E-state index is -0.535. The van der Waals surface area contributed by atoms with Crippen LogP contribution in [0.25, 0.3) is 27.6 Å². The molecule has 0 spiro atoms. The first-order valence-corrected chi connectivity index (χ1v) is 12.1. The molecule has 0 saturated carbocycles. The molecule has 1 unspecified atom stereocenters. The van der Waals surface area contributed by atoms with E-state index in [1.807, 2.05) is 96.0 Å². The number of thiophene rings is 1. The first-order chi connectivity index (χ1) is 16.6. The summed E-state index contributed by atoms with van der Waals surface area (Å²) in [4.78, 5) is 14.1. The number of carbonyl (C=O) groups is 1. The first kappa shape index (κ1) is 22.0. The molecular formula is C25H22N6OS2. The molecule has 0 saturated heterocycles. The van der Waals surface area contributed by atoms with Crippen LogP contribution in [0.15, 0.2) is 84.4 Å². The number of nitrogens with one attached hydrogen (secondary N) is 2. The smallest absolute Gasteiger partial charge is 0.243 e. The number of aromatic nitrogens is 5. The van der Waals surface area contributed by atoms with Crippen LogP contribution in [-0.2, 0) is 11.3 Å². The Balaban J connectivity index is 1.41. The number of hydrogen-bond acceptors (Lipinski definition) is 5. The van der Waals surface area contributed by atoms with Crippen molar-refractivity contribution in [2.24, 2.45) is 0 Å². The van der Waals surface area contributed by atoms with Gasteiger partial charge in [-0.1, -0.05) is 54.6 Å². The molecule has 34 heavy (non-hydrogen) atoms. The SMILES string of the molecule is CC(C(=O)NCc1cn(-c2ccccc2)nc1-c1ccccc1)n1c(-c2cccs2)n[nH]c1=S. The quantitative estimate of drug-likeness (QED) is 0.302. The fraction of sp³-hybridized carbons (Fsp3) is 0.120. The Morgan fingerprint density at radius 2 is 1.82 bits per heavy atom. The van der Waals surface area contributed by atoms with Gasteiger partial charge < -0.3 is 5.32 Å². The van der Waals surface area contributed by atoms with Crippen molar-refractivity contribution in [3.05, 3.63) is 94.7 Å². The topological polar surface area (TPSA) is 80.5 Å². The van der Waals surface area contributed by atoms with Crippen molar-refractivity contribution in [3.8, 4) is 27.6 Å². The molecule has 2 N–H and O–H groups in total. The standard InChI is InChI=1S/C25H22N6OS2/c1-17(31-23(27-28-25(31)33)21-13-8-14-34-21)24(32)26-15-19-16-30(20-11-6-3-7-12-20)29-22(19)18-9-4-2-5-10-18/h2-14,16-17H,15H2,1H3,(H,26,32)(H,28,33). The summed E-state index contributed by atoms with van der Waals surface area (Å²) in [5.41, 5.74) is 3.70. The van der Waals surface area contributed by atoms with Crippen molar-refractivity contribution in [1.29, 1.82) is 0 Å². The van der Waals surface area contributed by atoms with E-state index in [0.717, 1.165) is 27.4 Å². The van der Waals surface area contributed by atoms with Gasteiger partial charge in [-0.2, -0.15) is 10.2 Å². The first-order valence-electron chi connectivity index (χ1n) is 10.8. The van der Waals surface area contributed by atoms with E-state index in [1.54, 1.807) is 15.9 Å². The minimum absolute atomic E-state index is 0.151. The fourth-order valence-corrected chi connectivity index (χ4v) is 4.78. The molecular weight excluding hydrogens is 464 g/mol. The van der Waals surface area contributed by atoms with Gasteiger partial charge in [-0.3, -0.25) is 14.5 Å². The zero-order valence-electron chi connectivity index (χ0n) is 18.4. The molecule has 0 aliphatic rings. The Bertz CT molecular complexity index is 1450. The second-order valence-electron chi connectivity index (χ2n) is 7.74. The molecule has 5 aromatic rings. The summed E-state index contributed by atoms with van der Waals surface area (Å²) in [6.07, 6.45) is 1.96. The van der Waals surface area contributed by atoms with Crippen LogP contribution in [0.4, 0.5) is 0 Å². The van der Waals surface area contributed by atoms with Gasteiger partial charge in [0.25, 0.3) is 0 Å². The summed E-state index contributed by atoms with van der Waals surface area (Å²) in [5, 5.41) is 17.0. The number of hydrogen-bond donors (Lipinski definition) is 2. The van der Waals surface area contributed by atoms with E-state index in [9.17, 15) is 4.79 Å². The van der Waals surface area contributed by atoms with Crippen molar-refractivity contribution in [3.63, 3.8) is 0 Å². The van der Waals surface area contributed by atoms with Gasteiger partial charge in [0.05, 0.1) is 16.3 Å². The fourth-order valence-electron chi connectivity index (χ4n) is 3.78. The van der Waals surface area contributed by atoms with E-state index in [0.29, 0.717) is 17.1 Å². The van der Waals surface area contributed by atoms with E-state index in [4.69, 9.17) is 17.3 Å². The lowest BCUT2D eigenvalue weighted by molar-refractivity contribution is -0.124. The molecule has 170 valence electrons. The number of para-hydroxylation sites is 1. The summed E-state index contributed by atoms with van der Waals surface area (Å²) < 4.78 is 4.00. The van der Waals surface area contributed by atoms with Crippen LogP contribution < -0.4 is 5.32 Å².